The minimum absolute atomic E-state index is 0.0300. The van der Waals surface area contributed by atoms with Crippen LogP contribution in [0.3, 0.4) is 0 Å². The molecule has 1 aromatic heterocycles. The number of nitrogens with two attached hydrogens (primary N) is 1. The first-order chi connectivity index (χ1) is 9.92. The third-order valence-corrected chi connectivity index (χ3v) is 5.41. The van der Waals surface area contributed by atoms with Crippen LogP contribution < -0.4 is 10.5 Å². The van der Waals surface area contributed by atoms with Crippen molar-refractivity contribution in [3.8, 4) is 0 Å². The molecule has 0 unspecified atom stereocenters. The Morgan fingerprint density at radius 1 is 1.43 bits per heavy atom. The van der Waals surface area contributed by atoms with Crippen LogP contribution in [0, 0.1) is 12.7 Å². The monoisotopic (exact) mass is 329 g/mol. The third kappa shape index (κ3) is 4.07. The summed E-state index contributed by atoms with van der Waals surface area (Å²) in [5.41, 5.74) is 6.79. The first-order valence-electron chi connectivity index (χ1n) is 6.31. The van der Waals surface area contributed by atoms with Crippen LogP contribution in [0.5, 0.6) is 0 Å². The maximum atomic E-state index is 13.3. The van der Waals surface area contributed by atoms with Crippen LogP contribution in [0.4, 0.5) is 4.39 Å². The van der Waals surface area contributed by atoms with Gasteiger partial charge in [0.15, 0.2) is 0 Å². The smallest absolute Gasteiger partial charge is 0.241 e. The van der Waals surface area contributed by atoms with E-state index in [2.05, 4.69) is 9.71 Å². The number of aromatic nitrogens is 1. The Morgan fingerprint density at radius 2 is 2.19 bits per heavy atom. The predicted octanol–water partition coefficient (Wildman–Crippen LogP) is 1.57. The number of benzene rings is 1. The Kier molecular flexibility index (Phi) is 5.04. The lowest BCUT2D eigenvalue weighted by Gasteiger charge is -2.10. The van der Waals surface area contributed by atoms with Gasteiger partial charge in [0, 0.05) is 30.6 Å². The van der Waals surface area contributed by atoms with Gasteiger partial charge in [-0.2, -0.15) is 0 Å². The Hall–Kier alpha value is -1.35. The van der Waals surface area contributed by atoms with Crippen molar-refractivity contribution < 1.29 is 12.8 Å². The van der Waals surface area contributed by atoms with Crippen LogP contribution in [-0.4, -0.2) is 19.9 Å². The molecule has 0 saturated carbocycles. The number of aryl methyl sites for hydroxylation is 1. The topological polar surface area (TPSA) is 85.1 Å². The Balaban J connectivity index is 2.09. The lowest BCUT2D eigenvalue weighted by Crippen LogP contribution is -2.27. The summed E-state index contributed by atoms with van der Waals surface area (Å²) in [6.45, 7) is 2.11. The molecule has 0 radical (unpaired) electrons. The normalized spacial score (nSPS) is 11.8. The van der Waals surface area contributed by atoms with E-state index in [9.17, 15) is 12.8 Å². The molecule has 5 nitrogen and oxygen atoms in total. The van der Waals surface area contributed by atoms with Gasteiger partial charge >= 0.3 is 0 Å². The molecule has 3 N–H and O–H groups in total. The molecule has 0 saturated heterocycles. The molecular weight excluding hydrogens is 313 g/mol. The van der Waals surface area contributed by atoms with E-state index in [1.54, 1.807) is 0 Å². The predicted molar refractivity (Wildman–Crippen MR) is 80.0 cm³/mol. The number of nitrogens with one attached hydrogen (secondary N) is 1. The highest BCUT2D eigenvalue weighted by Crippen LogP contribution is 2.17. The lowest BCUT2D eigenvalue weighted by molar-refractivity contribution is 0.575. The molecule has 0 fully saturated rings. The van der Waals surface area contributed by atoms with E-state index in [1.165, 1.54) is 23.5 Å². The molecule has 21 heavy (non-hydrogen) atoms. The second kappa shape index (κ2) is 6.61. The van der Waals surface area contributed by atoms with Crippen molar-refractivity contribution >= 4 is 21.4 Å². The molecule has 0 amide bonds. The molecule has 0 aliphatic carbocycles. The number of sulfonamides is 1. The van der Waals surface area contributed by atoms with Crippen LogP contribution in [-0.2, 0) is 23.0 Å². The third-order valence-electron chi connectivity index (χ3n) is 2.84. The number of nitrogens with zero attached hydrogens (tertiary/aromatic N) is 1. The lowest BCUT2D eigenvalue weighted by atomic mass is 10.2. The molecule has 0 aliphatic heterocycles. The Bertz CT molecular complexity index is 729. The van der Waals surface area contributed by atoms with E-state index >= 15 is 0 Å². The number of rotatable bonds is 6. The van der Waals surface area contributed by atoms with E-state index in [-0.39, 0.29) is 18.0 Å². The highest BCUT2D eigenvalue weighted by atomic mass is 32.2. The van der Waals surface area contributed by atoms with Gasteiger partial charge in [-0.25, -0.2) is 22.5 Å². The van der Waals surface area contributed by atoms with Gasteiger partial charge in [0.1, 0.15) is 5.82 Å². The molecule has 114 valence electrons. The van der Waals surface area contributed by atoms with Crippen molar-refractivity contribution in [2.75, 3.05) is 6.54 Å². The highest BCUT2D eigenvalue weighted by molar-refractivity contribution is 7.89. The van der Waals surface area contributed by atoms with Crippen LogP contribution in [0.15, 0.2) is 28.5 Å². The second-order valence-electron chi connectivity index (χ2n) is 4.49. The fourth-order valence-electron chi connectivity index (χ4n) is 1.83. The molecule has 1 aromatic carbocycles. The summed E-state index contributed by atoms with van der Waals surface area (Å²) in [7, 11) is -3.78. The molecule has 0 atom stereocenters. The van der Waals surface area contributed by atoms with Gasteiger partial charge in [-0.15, -0.1) is 11.3 Å². The maximum absolute atomic E-state index is 13.3. The zero-order valence-corrected chi connectivity index (χ0v) is 13.1. The summed E-state index contributed by atoms with van der Waals surface area (Å²) in [5.74, 6) is -0.608. The Morgan fingerprint density at radius 3 is 2.81 bits per heavy atom. The average molecular weight is 329 g/mol. The zero-order chi connectivity index (χ0) is 15.5. The van der Waals surface area contributed by atoms with Crippen molar-refractivity contribution in [1.82, 2.24) is 9.71 Å². The first-order valence-corrected chi connectivity index (χ1v) is 8.68. The van der Waals surface area contributed by atoms with E-state index in [0.717, 1.165) is 16.8 Å². The van der Waals surface area contributed by atoms with Gasteiger partial charge < -0.3 is 5.73 Å². The summed E-state index contributed by atoms with van der Waals surface area (Å²) in [6, 6.07) is 3.56. The highest BCUT2D eigenvalue weighted by Gasteiger charge is 2.18. The van der Waals surface area contributed by atoms with E-state index in [4.69, 9.17) is 5.73 Å². The number of hydrogen-bond donors (Lipinski definition) is 2. The van der Waals surface area contributed by atoms with E-state index < -0.39 is 15.8 Å². The first kappa shape index (κ1) is 16.0. The molecule has 8 heteroatoms. The number of halogens is 1. The summed E-state index contributed by atoms with van der Waals surface area (Å²) in [5, 5.41) is 2.76. The van der Waals surface area contributed by atoms with Gasteiger partial charge in [-0.3, -0.25) is 0 Å². The van der Waals surface area contributed by atoms with Crippen LogP contribution >= 0.6 is 11.3 Å². The van der Waals surface area contributed by atoms with Crippen molar-refractivity contribution in [2.24, 2.45) is 5.73 Å². The van der Waals surface area contributed by atoms with Crippen molar-refractivity contribution in [2.45, 2.75) is 24.8 Å². The SMILES string of the molecule is Cc1csc(CCNS(=O)(=O)c2cc(F)ccc2CN)n1. The quantitative estimate of drug-likeness (QED) is 0.842. The molecular formula is C13H16FN3O2S2. The van der Waals surface area contributed by atoms with Crippen LogP contribution in [0.25, 0.3) is 0 Å². The molecule has 0 spiro atoms. The molecule has 0 bridgehead atoms. The molecule has 1 heterocycles. The van der Waals surface area contributed by atoms with Gasteiger partial charge in [0.05, 0.1) is 9.90 Å². The molecule has 2 aromatic rings. The van der Waals surface area contributed by atoms with Gasteiger partial charge in [0.25, 0.3) is 0 Å². The van der Waals surface area contributed by atoms with Crippen LogP contribution in [0.2, 0.25) is 0 Å². The van der Waals surface area contributed by atoms with Crippen molar-refractivity contribution in [1.29, 1.82) is 0 Å². The van der Waals surface area contributed by atoms with E-state index in [1.807, 2.05) is 12.3 Å². The maximum Gasteiger partial charge on any atom is 0.241 e. The largest absolute Gasteiger partial charge is 0.326 e. The van der Waals surface area contributed by atoms with E-state index in [0.29, 0.717) is 12.0 Å². The summed E-state index contributed by atoms with van der Waals surface area (Å²) < 4.78 is 40.1. The summed E-state index contributed by atoms with van der Waals surface area (Å²) in [4.78, 5) is 4.14. The zero-order valence-electron chi connectivity index (χ0n) is 11.5. The minimum atomic E-state index is -3.78. The molecule has 0 aliphatic rings. The van der Waals surface area contributed by atoms with Crippen molar-refractivity contribution in [3.05, 3.63) is 45.7 Å². The summed E-state index contributed by atoms with van der Waals surface area (Å²) in [6.07, 6.45) is 0.491. The van der Waals surface area contributed by atoms with Gasteiger partial charge in [0.2, 0.25) is 10.0 Å². The van der Waals surface area contributed by atoms with Crippen molar-refractivity contribution in [3.63, 3.8) is 0 Å². The summed E-state index contributed by atoms with van der Waals surface area (Å²) >= 11 is 1.48. The second-order valence-corrected chi connectivity index (χ2v) is 7.16. The standard InChI is InChI=1S/C13H16FN3O2S2/c1-9-8-20-13(17-9)4-5-16-21(18,19)12-6-11(14)3-2-10(12)7-15/h2-3,6,8,16H,4-5,7,15H2,1H3. The fraction of sp³-hybridized carbons (Fsp3) is 0.308. The average Bonchev–Trinajstić information content (AvgIpc) is 2.84. The Labute approximate surface area is 127 Å². The molecule has 2 rings (SSSR count). The fourth-order valence-corrected chi connectivity index (χ4v) is 3.90. The number of thiazole rings is 1. The van der Waals surface area contributed by atoms with Gasteiger partial charge in [-0.05, 0) is 24.6 Å². The van der Waals surface area contributed by atoms with Gasteiger partial charge in [-0.1, -0.05) is 6.07 Å². The minimum Gasteiger partial charge on any atom is -0.326 e. The number of hydrogen-bond acceptors (Lipinski definition) is 5. The van der Waals surface area contributed by atoms with Crippen LogP contribution in [0.1, 0.15) is 16.3 Å².